The van der Waals surface area contributed by atoms with Crippen molar-refractivity contribution < 1.29 is 0 Å². The molecule has 0 saturated heterocycles. The van der Waals surface area contributed by atoms with Crippen LogP contribution in [-0.4, -0.2) is 15.2 Å². The first kappa shape index (κ1) is 8.91. The average molecular weight is 210 g/mol. The lowest BCUT2D eigenvalue weighted by molar-refractivity contribution is 1.05. The van der Waals surface area contributed by atoms with E-state index in [0.717, 1.165) is 22.2 Å². The molecule has 16 heavy (non-hydrogen) atoms. The van der Waals surface area contributed by atoms with Crippen LogP contribution < -0.4 is 5.73 Å². The van der Waals surface area contributed by atoms with Gasteiger partial charge in [0.15, 0.2) is 0 Å². The molecule has 0 atom stereocenters. The minimum absolute atomic E-state index is 0.437. The van der Waals surface area contributed by atoms with Gasteiger partial charge in [-0.25, -0.2) is 0 Å². The number of fused-ring (bicyclic) bond motifs is 1. The highest BCUT2D eigenvalue weighted by molar-refractivity contribution is 5.84. The molecule has 2 heterocycles. The van der Waals surface area contributed by atoms with E-state index in [9.17, 15) is 0 Å². The number of aromatic amines is 1. The van der Waals surface area contributed by atoms with Crippen molar-refractivity contribution in [2.75, 3.05) is 5.73 Å². The molecule has 3 N–H and O–H groups in total. The van der Waals surface area contributed by atoms with E-state index in [-0.39, 0.29) is 0 Å². The molecule has 0 aliphatic rings. The lowest BCUT2D eigenvalue weighted by Crippen LogP contribution is -1.93. The van der Waals surface area contributed by atoms with Gasteiger partial charge < -0.3 is 10.7 Å². The Morgan fingerprint density at radius 1 is 1.00 bits per heavy atom. The molecular formula is C12H10N4. The summed E-state index contributed by atoms with van der Waals surface area (Å²) in [6, 6.07) is 11.8. The van der Waals surface area contributed by atoms with E-state index in [1.165, 1.54) is 0 Å². The van der Waals surface area contributed by atoms with Gasteiger partial charge in [-0.05, 0) is 30.3 Å². The van der Waals surface area contributed by atoms with Gasteiger partial charge in [-0.15, -0.1) is 10.2 Å². The Kier molecular flexibility index (Phi) is 1.86. The molecule has 2 aromatic heterocycles. The zero-order chi connectivity index (χ0) is 11.0. The third kappa shape index (κ3) is 1.40. The molecule has 0 aliphatic carbocycles. The third-order valence-corrected chi connectivity index (χ3v) is 2.53. The zero-order valence-electron chi connectivity index (χ0n) is 8.51. The minimum Gasteiger partial charge on any atom is -0.382 e. The molecule has 0 radical (unpaired) electrons. The van der Waals surface area contributed by atoms with Crippen LogP contribution in [0.5, 0.6) is 0 Å². The Morgan fingerprint density at radius 3 is 2.75 bits per heavy atom. The number of rotatable bonds is 1. The predicted octanol–water partition coefficient (Wildman–Crippen LogP) is 2.21. The van der Waals surface area contributed by atoms with Crippen molar-refractivity contribution in [3.63, 3.8) is 0 Å². The highest BCUT2D eigenvalue weighted by atomic mass is 15.1. The van der Waals surface area contributed by atoms with E-state index in [4.69, 9.17) is 5.73 Å². The second-order valence-corrected chi connectivity index (χ2v) is 3.62. The summed E-state index contributed by atoms with van der Waals surface area (Å²) in [6.45, 7) is 0. The van der Waals surface area contributed by atoms with Gasteiger partial charge in [0.1, 0.15) is 5.82 Å². The van der Waals surface area contributed by atoms with Crippen LogP contribution in [0.25, 0.3) is 22.2 Å². The maximum atomic E-state index is 5.50. The molecule has 0 bridgehead atoms. The average Bonchev–Trinajstić information content (AvgIpc) is 2.77. The Hall–Kier alpha value is -2.36. The van der Waals surface area contributed by atoms with E-state index in [1.54, 1.807) is 6.07 Å². The maximum Gasteiger partial charge on any atom is 0.146 e. The molecule has 0 amide bonds. The summed E-state index contributed by atoms with van der Waals surface area (Å²) in [5.41, 5.74) is 8.49. The molecular weight excluding hydrogens is 200 g/mol. The van der Waals surface area contributed by atoms with Crippen LogP contribution in [0.3, 0.4) is 0 Å². The monoisotopic (exact) mass is 210 g/mol. The zero-order valence-corrected chi connectivity index (χ0v) is 8.51. The van der Waals surface area contributed by atoms with Crippen molar-refractivity contribution in [2.45, 2.75) is 0 Å². The molecule has 0 fully saturated rings. The normalized spacial score (nSPS) is 10.8. The van der Waals surface area contributed by atoms with E-state index < -0.39 is 0 Å². The topological polar surface area (TPSA) is 67.6 Å². The van der Waals surface area contributed by atoms with Gasteiger partial charge in [0.25, 0.3) is 0 Å². The molecule has 0 saturated carbocycles. The van der Waals surface area contributed by atoms with Crippen molar-refractivity contribution in [2.24, 2.45) is 0 Å². The number of aromatic nitrogens is 3. The molecule has 0 unspecified atom stereocenters. The van der Waals surface area contributed by atoms with E-state index in [2.05, 4.69) is 21.2 Å². The highest BCUT2D eigenvalue weighted by Gasteiger charge is 2.01. The van der Waals surface area contributed by atoms with Crippen molar-refractivity contribution in [1.82, 2.24) is 15.2 Å². The number of H-pyrrole nitrogens is 1. The van der Waals surface area contributed by atoms with Crippen LogP contribution in [0, 0.1) is 0 Å². The van der Waals surface area contributed by atoms with E-state index in [0.29, 0.717) is 5.82 Å². The Labute approximate surface area is 92.1 Å². The van der Waals surface area contributed by atoms with Crippen LogP contribution in [0.2, 0.25) is 0 Å². The maximum absolute atomic E-state index is 5.50. The minimum atomic E-state index is 0.437. The Morgan fingerprint density at radius 2 is 1.94 bits per heavy atom. The number of hydrogen-bond acceptors (Lipinski definition) is 3. The van der Waals surface area contributed by atoms with Gasteiger partial charge >= 0.3 is 0 Å². The first-order valence-electron chi connectivity index (χ1n) is 5.00. The molecule has 4 nitrogen and oxygen atoms in total. The van der Waals surface area contributed by atoms with Gasteiger partial charge in [0.2, 0.25) is 0 Å². The second kappa shape index (κ2) is 3.34. The second-order valence-electron chi connectivity index (χ2n) is 3.62. The summed E-state index contributed by atoms with van der Waals surface area (Å²) in [6.07, 6.45) is 1.92. The van der Waals surface area contributed by atoms with Crippen molar-refractivity contribution in [3.05, 3.63) is 42.6 Å². The fourth-order valence-corrected chi connectivity index (χ4v) is 1.71. The summed E-state index contributed by atoms with van der Waals surface area (Å²) in [5, 5.41) is 9.06. The van der Waals surface area contributed by atoms with Crippen molar-refractivity contribution in [1.29, 1.82) is 0 Å². The number of nitrogens with one attached hydrogen (secondary N) is 1. The standard InChI is InChI=1S/C12H10N4/c13-12-4-3-11(15-16-12)8-1-2-10-9(7-8)5-6-14-10/h1-7,14H,(H2,13,16). The summed E-state index contributed by atoms with van der Waals surface area (Å²) >= 11 is 0. The fraction of sp³-hybridized carbons (Fsp3) is 0. The molecule has 4 heteroatoms. The van der Waals surface area contributed by atoms with E-state index in [1.807, 2.05) is 30.5 Å². The SMILES string of the molecule is Nc1ccc(-c2ccc3[nH]ccc3c2)nn1. The summed E-state index contributed by atoms with van der Waals surface area (Å²) in [7, 11) is 0. The molecule has 1 aromatic carbocycles. The Bertz CT molecular complexity index is 625. The Balaban J connectivity index is 2.14. The van der Waals surface area contributed by atoms with Gasteiger partial charge in [-0.1, -0.05) is 6.07 Å². The number of hydrogen-bond donors (Lipinski definition) is 2. The molecule has 3 rings (SSSR count). The molecule has 3 aromatic rings. The predicted molar refractivity (Wildman–Crippen MR) is 63.7 cm³/mol. The number of anilines is 1. The van der Waals surface area contributed by atoms with Gasteiger partial charge in [-0.2, -0.15) is 0 Å². The summed E-state index contributed by atoms with van der Waals surface area (Å²) in [5.74, 6) is 0.437. The van der Waals surface area contributed by atoms with Crippen LogP contribution in [-0.2, 0) is 0 Å². The van der Waals surface area contributed by atoms with Gasteiger partial charge in [0, 0.05) is 22.7 Å². The first-order chi connectivity index (χ1) is 7.83. The van der Waals surface area contributed by atoms with Gasteiger partial charge in [-0.3, -0.25) is 0 Å². The lowest BCUT2D eigenvalue weighted by Gasteiger charge is -2.00. The van der Waals surface area contributed by atoms with Crippen LogP contribution in [0.4, 0.5) is 5.82 Å². The quantitative estimate of drug-likeness (QED) is 0.647. The number of nitrogens with zero attached hydrogens (tertiary/aromatic N) is 2. The number of nitrogen functional groups attached to an aromatic ring is 1. The molecule has 0 spiro atoms. The van der Waals surface area contributed by atoms with Crippen LogP contribution >= 0.6 is 0 Å². The fourth-order valence-electron chi connectivity index (χ4n) is 1.71. The number of nitrogens with two attached hydrogens (primary N) is 1. The summed E-state index contributed by atoms with van der Waals surface area (Å²) < 4.78 is 0. The summed E-state index contributed by atoms with van der Waals surface area (Å²) in [4.78, 5) is 3.15. The van der Waals surface area contributed by atoms with Gasteiger partial charge in [0.05, 0.1) is 5.69 Å². The van der Waals surface area contributed by atoms with Crippen LogP contribution in [0.15, 0.2) is 42.6 Å². The van der Waals surface area contributed by atoms with Crippen LogP contribution in [0.1, 0.15) is 0 Å². The van der Waals surface area contributed by atoms with E-state index >= 15 is 0 Å². The molecule has 78 valence electrons. The van der Waals surface area contributed by atoms with Crippen molar-refractivity contribution >= 4 is 16.7 Å². The largest absolute Gasteiger partial charge is 0.382 e. The highest BCUT2D eigenvalue weighted by Crippen LogP contribution is 2.21. The molecule has 0 aliphatic heterocycles. The van der Waals surface area contributed by atoms with Crippen molar-refractivity contribution in [3.8, 4) is 11.3 Å². The first-order valence-corrected chi connectivity index (χ1v) is 5.00. The smallest absolute Gasteiger partial charge is 0.146 e. The number of benzene rings is 1. The third-order valence-electron chi connectivity index (χ3n) is 2.53. The lowest BCUT2D eigenvalue weighted by atomic mass is 10.1.